The van der Waals surface area contributed by atoms with Gasteiger partial charge in [-0.15, -0.1) is 10.2 Å². The zero-order valence-electron chi connectivity index (χ0n) is 48.5. The van der Waals surface area contributed by atoms with Gasteiger partial charge >= 0.3 is 29.9 Å². The van der Waals surface area contributed by atoms with E-state index in [2.05, 4.69) is 26.1 Å². The van der Waals surface area contributed by atoms with Crippen molar-refractivity contribution in [3.63, 3.8) is 0 Å². The van der Waals surface area contributed by atoms with Gasteiger partial charge in [0.15, 0.2) is 5.82 Å². The second-order valence-corrected chi connectivity index (χ2v) is 20.9. The summed E-state index contributed by atoms with van der Waals surface area (Å²) >= 11 is 0. The molecule has 0 bridgehead atoms. The molecule has 28 heteroatoms. The number of carbonyl (C=O) groups is 7. The lowest BCUT2D eigenvalue weighted by Crippen LogP contribution is -2.52. The number of phenols is 2. The highest BCUT2D eigenvalue weighted by Crippen LogP contribution is 2.38. The Kier molecular flexibility index (Phi) is 29.0. The number of hydrogen-bond acceptors (Lipinski definition) is 19. The minimum atomic E-state index is -1.18. The van der Waals surface area contributed by atoms with Crippen LogP contribution < -0.4 is 16.0 Å². The highest BCUT2D eigenvalue weighted by Gasteiger charge is 2.30. The molecule has 0 radical (unpaired) electrons. The van der Waals surface area contributed by atoms with Crippen molar-refractivity contribution in [1.29, 1.82) is 0 Å². The summed E-state index contributed by atoms with van der Waals surface area (Å²) in [5.74, 6) is -4.84. The van der Waals surface area contributed by atoms with Gasteiger partial charge in [-0.1, -0.05) is 26.0 Å². The number of aromatic hydroxyl groups is 2. The number of rotatable bonds is 33. The molecule has 1 aromatic heterocycles. The fraction of sp³-hybridized carbons (Fsp3) is 0.625. The molecule has 84 heavy (non-hydrogen) atoms. The lowest BCUT2D eigenvalue weighted by Gasteiger charge is -2.35. The molecule has 9 N–H and O–H groups in total. The minimum absolute atomic E-state index is 0.0335. The Bertz CT molecular complexity index is 2550. The summed E-state index contributed by atoms with van der Waals surface area (Å²) in [6.45, 7) is 10.5. The van der Waals surface area contributed by atoms with Crippen LogP contribution in [0.3, 0.4) is 0 Å². The second kappa shape index (κ2) is 35.9. The maximum atomic E-state index is 13.1. The Balaban J connectivity index is 0.895. The molecule has 1 atom stereocenters. The molecular formula is C56H85N11O17. The second-order valence-electron chi connectivity index (χ2n) is 20.9. The predicted molar refractivity (Wildman–Crippen MR) is 304 cm³/mol. The van der Waals surface area contributed by atoms with Gasteiger partial charge in [-0.3, -0.25) is 52.9 Å². The number of amides is 4. The van der Waals surface area contributed by atoms with Crippen LogP contribution in [0.5, 0.6) is 11.5 Å². The SMILES string of the molecule is CCNC(=O)c1nnc(-c2cc(C(C)C)c(O)cc2O)n1-c1ccc(CC2CCN(C(=O)NCCOCCOCCOCCOCCNC(=O)CC[C@H](C(=O)O)N3CCN(CC(=O)O)CCN(CC(=O)O)CCN(CC(=O)O)CC3)CC2)cc1. The van der Waals surface area contributed by atoms with Gasteiger partial charge in [0.1, 0.15) is 17.5 Å². The number of benzene rings is 2. The number of nitrogens with one attached hydrogen (secondary N) is 3. The molecule has 5 rings (SSSR count). The van der Waals surface area contributed by atoms with Crippen molar-refractivity contribution in [3.05, 3.63) is 53.3 Å². The summed E-state index contributed by atoms with van der Waals surface area (Å²) in [6.07, 6.45) is 2.30. The molecule has 0 unspecified atom stereocenters. The van der Waals surface area contributed by atoms with Crippen molar-refractivity contribution in [3.8, 4) is 28.6 Å². The molecule has 2 aliphatic heterocycles. The Labute approximate surface area is 488 Å². The first-order valence-corrected chi connectivity index (χ1v) is 28.6. The average molecular weight is 1180 g/mol. The van der Waals surface area contributed by atoms with Crippen molar-refractivity contribution >= 4 is 41.7 Å². The van der Waals surface area contributed by atoms with Crippen LogP contribution >= 0.6 is 0 Å². The number of aromatic nitrogens is 3. The fourth-order valence-corrected chi connectivity index (χ4v) is 9.88. The molecule has 2 aliphatic rings. The van der Waals surface area contributed by atoms with Gasteiger partial charge in [0, 0.05) is 103 Å². The van der Waals surface area contributed by atoms with E-state index in [1.165, 1.54) is 6.07 Å². The molecular weight excluding hydrogens is 1100 g/mol. The van der Waals surface area contributed by atoms with Crippen molar-refractivity contribution in [1.82, 2.24) is 55.2 Å². The zero-order valence-corrected chi connectivity index (χ0v) is 48.5. The number of nitrogens with zero attached hydrogens (tertiary/aromatic N) is 8. The van der Waals surface area contributed by atoms with Gasteiger partial charge in [0.25, 0.3) is 5.91 Å². The number of aliphatic carboxylic acids is 4. The number of piperidine rings is 1. The maximum Gasteiger partial charge on any atom is 0.320 e. The molecule has 4 amide bonds. The van der Waals surface area contributed by atoms with Crippen LogP contribution in [0.1, 0.15) is 74.1 Å². The van der Waals surface area contributed by atoms with Crippen LogP contribution in [0.15, 0.2) is 36.4 Å². The Morgan fingerprint density at radius 3 is 1.61 bits per heavy atom. The largest absolute Gasteiger partial charge is 0.508 e. The summed E-state index contributed by atoms with van der Waals surface area (Å²) in [5, 5.41) is 76.8. The van der Waals surface area contributed by atoms with Gasteiger partial charge in [-0.05, 0) is 73.8 Å². The van der Waals surface area contributed by atoms with Crippen molar-refractivity contribution in [2.45, 2.75) is 64.8 Å². The standard InChI is InChI=1S/C56H85N11O17/c1-4-57-54(77)53-61-60-52(44-34-43(39(2)3)46(68)35-47(44)69)67(53)42-7-5-40(6-8-42)33-41-11-15-66(16-12-41)56(80)59-14-26-82-28-30-84-32-31-83-29-27-81-25-13-58-48(70)10-9-45(55(78)79)65-23-21-63(37-50(73)74)19-17-62(36-49(71)72)18-20-64(22-24-65)38-51(75)76/h5-8,34-35,39,41,45,68-69H,4,9-33,36-38H2,1-3H3,(H,57,77)(H,58,70)(H,59,80)(H,71,72)(H,73,74)(H,75,76)(H,78,79)/t45-/m1/s1. The van der Waals surface area contributed by atoms with Crippen molar-refractivity contribution in [2.75, 3.05) is 158 Å². The van der Waals surface area contributed by atoms with E-state index >= 15 is 0 Å². The molecule has 2 saturated heterocycles. The Hall–Kier alpha value is -7.05. The lowest BCUT2D eigenvalue weighted by atomic mass is 9.90. The Morgan fingerprint density at radius 2 is 1.12 bits per heavy atom. The van der Waals surface area contributed by atoms with Crippen LogP contribution in [0.2, 0.25) is 0 Å². The third-order valence-electron chi connectivity index (χ3n) is 14.4. The predicted octanol–water partition coefficient (Wildman–Crippen LogP) is 1.07. The van der Waals surface area contributed by atoms with E-state index < -0.39 is 35.8 Å². The number of phenolic OH excluding ortho intramolecular Hbond substituents is 2. The monoisotopic (exact) mass is 1180 g/mol. The first-order chi connectivity index (χ1) is 40.3. The quantitative estimate of drug-likeness (QED) is 0.0385. The number of likely N-dealkylation sites (tertiary alicyclic amines) is 1. The summed E-state index contributed by atoms with van der Waals surface area (Å²) in [7, 11) is 0. The molecule has 3 heterocycles. The zero-order chi connectivity index (χ0) is 61.0. The number of urea groups is 1. The van der Waals surface area contributed by atoms with E-state index in [-0.39, 0.29) is 152 Å². The first-order valence-electron chi connectivity index (χ1n) is 28.6. The van der Waals surface area contributed by atoms with Crippen LogP contribution in [0.4, 0.5) is 4.79 Å². The smallest absolute Gasteiger partial charge is 0.320 e. The van der Waals surface area contributed by atoms with Gasteiger partial charge in [0.05, 0.1) is 78.1 Å². The maximum absolute atomic E-state index is 13.1. The molecule has 2 fully saturated rings. The van der Waals surface area contributed by atoms with Crippen LogP contribution in [-0.2, 0) is 49.3 Å². The molecule has 0 spiro atoms. The van der Waals surface area contributed by atoms with E-state index in [9.17, 15) is 64.2 Å². The van der Waals surface area contributed by atoms with Crippen molar-refractivity contribution < 1.29 is 83.1 Å². The van der Waals surface area contributed by atoms with E-state index in [0.717, 1.165) is 24.8 Å². The third kappa shape index (κ3) is 23.2. The first kappa shape index (κ1) is 67.7. The van der Waals surface area contributed by atoms with E-state index in [0.29, 0.717) is 81.9 Å². The van der Waals surface area contributed by atoms with Crippen molar-refractivity contribution in [2.24, 2.45) is 5.92 Å². The number of carbonyl (C=O) groups excluding carboxylic acids is 3. The van der Waals surface area contributed by atoms with E-state index in [1.54, 1.807) is 37.2 Å². The van der Waals surface area contributed by atoms with Gasteiger partial charge < -0.3 is 70.4 Å². The van der Waals surface area contributed by atoms with Gasteiger partial charge in [-0.25, -0.2) is 4.79 Å². The number of carboxylic acids is 4. The lowest BCUT2D eigenvalue weighted by molar-refractivity contribution is -0.145. The highest BCUT2D eigenvalue weighted by atomic mass is 16.6. The van der Waals surface area contributed by atoms with Crippen LogP contribution in [0.25, 0.3) is 17.1 Å². The van der Waals surface area contributed by atoms with Gasteiger partial charge in [-0.2, -0.15) is 0 Å². The Morgan fingerprint density at radius 1 is 0.619 bits per heavy atom. The topological polar surface area (TPSA) is 361 Å². The molecule has 0 aliphatic carbocycles. The van der Waals surface area contributed by atoms with Gasteiger partial charge in [0.2, 0.25) is 11.7 Å². The normalized spacial score (nSPS) is 15.9. The fourth-order valence-electron chi connectivity index (χ4n) is 9.88. The third-order valence-corrected chi connectivity index (χ3v) is 14.4. The summed E-state index contributed by atoms with van der Waals surface area (Å²) in [6, 6.07) is 9.46. The summed E-state index contributed by atoms with van der Waals surface area (Å²) in [5.41, 5.74) is 2.68. The van der Waals surface area contributed by atoms with Crippen LogP contribution in [-0.4, -0.2) is 275 Å². The average Bonchev–Trinajstić information content (AvgIpc) is 3.85. The molecule has 466 valence electrons. The minimum Gasteiger partial charge on any atom is -0.508 e. The van der Waals surface area contributed by atoms with Crippen LogP contribution in [0, 0.1) is 5.92 Å². The summed E-state index contributed by atoms with van der Waals surface area (Å²) in [4.78, 5) is 94.2. The number of hydrogen-bond donors (Lipinski definition) is 9. The molecule has 2 aromatic carbocycles. The van der Waals surface area contributed by atoms with E-state index in [1.807, 2.05) is 43.0 Å². The number of carboxylic acid groups (broad SMARTS) is 4. The molecule has 0 saturated carbocycles. The number of ether oxygens (including phenoxy) is 4. The highest BCUT2D eigenvalue weighted by molar-refractivity contribution is 5.92. The molecule has 3 aromatic rings. The van der Waals surface area contributed by atoms with E-state index in [4.69, 9.17) is 18.9 Å². The molecule has 28 nitrogen and oxygen atoms in total. The summed E-state index contributed by atoms with van der Waals surface area (Å²) < 4.78 is 23.9.